The monoisotopic (exact) mass is 1390 g/mol. The molecule has 2 radical (unpaired) electrons. The summed E-state index contributed by atoms with van der Waals surface area (Å²) in [5.74, 6) is -10.0. The summed E-state index contributed by atoms with van der Waals surface area (Å²) in [6.07, 6.45) is 0. The van der Waals surface area contributed by atoms with Crippen LogP contribution in [0.4, 0.5) is 22.0 Å². The van der Waals surface area contributed by atoms with Gasteiger partial charge in [-0.25, -0.2) is 13.2 Å². The summed E-state index contributed by atoms with van der Waals surface area (Å²) in [5, 5.41) is 3.46. The van der Waals surface area contributed by atoms with E-state index >= 15 is 0 Å². The van der Waals surface area contributed by atoms with Gasteiger partial charge < -0.3 is 0 Å². The number of benzene rings is 8. The van der Waals surface area contributed by atoms with Crippen LogP contribution in [-0.2, 0) is 48.8 Å². The first-order valence-electron chi connectivity index (χ1n) is 19.4. The molecule has 0 N–H and O–H groups in total. The van der Waals surface area contributed by atoms with Crippen molar-refractivity contribution in [3.05, 3.63) is 274 Å². The van der Waals surface area contributed by atoms with Crippen molar-refractivity contribution in [2.75, 3.05) is 0 Å². The zero-order valence-corrected chi connectivity index (χ0v) is 44.1. The molecule has 0 aromatic heterocycles. The fraction of sp³-hybridized carbons (Fsp3) is 0. The molecule has 8 aromatic rings. The SMILES string of the molecule is Fc1[c-]c(F)c(F)c(F)c1F.[Au].[Au].[CH2-]P([CH2-])(O[Cl+3]([O-])([O-])[O-])(c1ccccc1)c1ccccc1.[CH2-][P+]([CH2-])(c1ccccc1)c1ccccc1.c1ccc([As](c2ccccc2)c2ccccc2)cc1. The van der Waals surface area contributed by atoms with Crippen LogP contribution < -0.4 is 48.2 Å². The third-order valence-corrected chi connectivity index (χ3v) is 22.2. The quantitative estimate of drug-likeness (QED) is 0.0383. The number of hydrogen-bond acceptors (Lipinski definition) is 4. The summed E-state index contributed by atoms with van der Waals surface area (Å²) in [4.78, 5) is 0. The van der Waals surface area contributed by atoms with Crippen LogP contribution in [0.25, 0.3) is 0 Å². The molecule has 8 rings (SSSR count). The average molecular weight is 1390 g/mol. The van der Waals surface area contributed by atoms with E-state index in [1.807, 2.05) is 36.4 Å². The minimum absolute atomic E-state index is 0. The standard InChI is InChI=1S/C18H15As.C14H14ClO4P.C14H14P.C6F5.2Au/c1-4-10-16(11-5-1)19(17-12-6-2-7-13-17)18-14-8-3-9-15-18;1-20(2,19-15(16,17)18,13-9-5-3-6-10-13)14-11-7-4-8-12-14;1-15(2,13-9-5-3-6-10-13)14-11-7-4-8-12-14;7-2-1-3(8)5(10)6(11)4(2)9;;/h1-15H;3-12H,1-2H2;3-12H,1-2H2;;;/q;-2;2*-1;;. The van der Waals surface area contributed by atoms with Crippen LogP contribution in [0, 0.1) is 72.1 Å². The molecule has 0 saturated carbocycles. The van der Waals surface area contributed by atoms with Gasteiger partial charge in [0.2, 0.25) is 0 Å². The normalized spacial score (nSPS) is 11.6. The van der Waals surface area contributed by atoms with E-state index in [1.165, 1.54) is 23.7 Å². The zero-order valence-electron chi connectivity index (χ0n) is 35.4. The van der Waals surface area contributed by atoms with Crippen molar-refractivity contribution in [3.8, 4) is 0 Å². The summed E-state index contributed by atoms with van der Waals surface area (Å²) in [6, 6.07) is 71.4. The summed E-state index contributed by atoms with van der Waals surface area (Å²) < 4.78 is 103. The van der Waals surface area contributed by atoms with Gasteiger partial charge in [-0.05, 0) is 24.3 Å². The summed E-state index contributed by atoms with van der Waals surface area (Å²) in [7, 11) is -6.30. The van der Waals surface area contributed by atoms with E-state index in [4.69, 9.17) is 4.08 Å². The predicted octanol–water partition coefficient (Wildman–Crippen LogP) is 7.22. The molecule has 0 aliphatic carbocycles. The van der Waals surface area contributed by atoms with Crippen molar-refractivity contribution in [1.29, 1.82) is 0 Å². The molecule has 15 heteroatoms. The van der Waals surface area contributed by atoms with Crippen LogP contribution in [0.5, 0.6) is 0 Å². The maximum atomic E-state index is 12.0. The molecular formula is C52H43AsAu2ClF5O4P2-4. The van der Waals surface area contributed by atoms with Crippen molar-refractivity contribution in [2.45, 2.75) is 0 Å². The Labute approximate surface area is 428 Å². The number of halogens is 6. The van der Waals surface area contributed by atoms with Crippen LogP contribution in [-0.4, -0.2) is 14.7 Å². The fourth-order valence-corrected chi connectivity index (χ4v) is 17.1. The number of hydrogen-bond donors (Lipinski definition) is 0. The third kappa shape index (κ3) is 16.0. The second-order valence-electron chi connectivity index (χ2n) is 14.2. The molecular weight excluding hydrogens is 1350 g/mol. The van der Waals surface area contributed by atoms with Gasteiger partial charge in [-0.2, -0.15) is 20.6 Å². The molecule has 4 nitrogen and oxygen atoms in total. The van der Waals surface area contributed by atoms with Crippen molar-refractivity contribution in [1.82, 2.24) is 0 Å². The molecule has 0 bridgehead atoms. The molecule has 67 heavy (non-hydrogen) atoms. The zero-order chi connectivity index (χ0) is 47.1. The van der Waals surface area contributed by atoms with Gasteiger partial charge >= 0.3 is 238 Å². The van der Waals surface area contributed by atoms with Crippen LogP contribution in [0.15, 0.2) is 212 Å². The Morgan fingerprint density at radius 1 is 0.433 bits per heavy atom. The van der Waals surface area contributed by atoms with Gasteiger partial charge in [0.25, 0.3) is 0 Å². The summed E-state index contributed by atoms with van der Waals surface area (Å²) >= 11 is -1.39. The van der Waals surface area contributed by atoms with E-state index in [1.54, 1.807) is 60.7 Å². The van der Waals surface area contributed by atoms with E-state index in [2.05, 4.69) is 142 Å². The molecule has 0 amide bonds. The fourth-order valence-electron chi connectivity index (χ4n) is 6.23. The molecule has 0 aliphatic heterocycles. The number of rotatable bonds is 9. The Balaban J connectivity index is 0.000000240. The average Bonchev–Trinajstić information content (AvgIpc) is 3.32. The van der Waals surface area contributed by atoms with E-state index < -0.39 is 68.1 Å². The van der Waals surface area contributed by atoms with Gasteiger partial charge in [-0.3, -0.25) is 8.78 Å². The Kier molecular flexibility index (Phi) is 22.8. The van der Waals surface area contributed by atoms with E-state index in [0.717, 1.165) is 6.07 Å². The van der Waals surface area contributed by atoms with Crippen LogP contribution in [0.1, 0.15) is 0 Å². The first-order valence-corrected chi connectivity index (χ1v) is 28.2. The van der Waals surface area contributed by atoms with E-state index in [9.17, 15) is 35.9 Å². The molecule has 0 heterocycles. The van der Waals surface area contributed by atoms with E-state index in [-0.39, 0.29) is 44.8 Å². The first kappa shape index (κ1) is 57.8. The van der Waals surface area contributed by atoms with Gasteiger partial charge in [-0.15, -0.1) is 6.07 Å². The van der Waals surface area contributed by atoms with Crippen molar-refractivity contribution in [3.63, 3.8) is 0 Å². The van der Waals surface area contributed by atoms with Gasteiger partial charge in [0, 0.05) is 55.4 Å². The van der Waals surface area contributed by atoms with Crippen LogP contribution in [0.3, 0.4) is 0 Å². The van der Waals surface area contributed by atoms with Crippen LogP contribution in [0.2, 0.25) is 0 Å². The van der Waals surface area contributed by atoms with Crippen molar-refractivity contribution >= 4 is 63.0 Å². The molecule has 8 aromatic carbocycles. The molecule has 0 spiro atoms. The Morgan fingerprint density at radius 3 is 0.955 bits per heavy atom. The van der Waals surface area contributed by atoms with Gasteiger partial charge in [0.15, 0.2) is 0 Å². The molecule has 0 aliphatic rings. The summed E-state index contributed by atoms with van der Waals surface area (Å²) in [6.45, 7) is 12.5. The molecule has 0 unspecified atom stereocenters. The molecule has 0 saturated heterocycles. The van der Waals surface area contributed by atoms with E-state index in [0.29, 0.717) is 10.6 Å². The Hall–Kier alpha value is -3.56. The molecule has 358 valence electrons. The van der Waals surface area contributed by atoms with Gasteiger partial charge in [0.05, 0.1) is 29.1 Å². The van der Waals surface area contributed by atoms with Gasteiger partial charge in [0.1, 0.15) is 0 Å². The minimum atomic E-state index is -4.66. The Morgan fingerprint density at radius 2 is 0.687 bits per heavy atom. The third-order valence-electron chi connectivity index (χ3n) is 9.50. The topological polar surface area (TPSA) is 78.4 Å². The van der Waals surface area contributed by atoms with Crippen molar-refractivity contribution in [2.24, 2.45) is 0 Å². The van der Waals surface area contributed by atoms with Gasteiger partial charge in [-0.1, -0.05) is 36.4 Å². The molecule has 0 fully saturated rings. The molecule has 0 atom stereocenters. The maximum absolute atomic E-state index is 12.0. The first-order chi connectivity index (χ1) is 30.9. The van der Waals surface area contributed by atoms with Crippen LogP contribution >= 0.6 is 14.1 Å². The predicted molar refractivity (Wildman–Crippen MR) is 250 cm³/mol. The van der Waals surface area contributed by atoms with Crippen molar-refractivity contribution < 1.29 is 95.0 Å². The second kappa shape index (κ2) is 26.4. The Bertz CT molecular complexity index is 2480. The second-order valence-corrected chi connectivity index (χ2v) is 27.0. The summed E-state index contributed by atoms with van der Waals surface area (Å²) in [5.41, 5.74) is 0.